The molecule has 1 unspecified atom stereocenters. The predicted octanol–water partition coefficient (Wildman–Crippen LogP) is 4.14. The summed E-state index contributed by atoms with van der Waals surface area (Å²) in [5.41, 5.74) is 3.43. The van der Waals surface area contributed by atoms with Gasteiger partial charge < -0.3 is 14.4 Å². The quantitative estimate of drug-likeness (QED) is 0.609. The van der Waals surface area contributed by atoms with Gasteiger partial charge in [0.25, 0.3) is 0 Å². The molecule has 2 heterocycles. The maximum absolute atomic E-state index is 13.0. The number of carbonyl (C=O) groups is 1. The Labute approximate surface area is 177 Å². The summed E-state index contributed by atoms with van der Waals surface area (Å²) in [6.07, 6.45) is 0.872. The van der Waals surface area contributed by atoms with Crippen LogP contribution in [0.1, 0.15) is 35.9 Å². The van der Waals surface area contributed by atoms with Gasteiger partial charge in [-0.1, -0.05) is 18.2 Å². The van der Waals surface area contributed by atoms with Gasteiger partial charge >= 0.3 is 0 Å². The number of rotatable bonds is 8. The molecular weight excluding hydrogens is 384 g/mol. The van der Waals surface area contributed by atoms with Crippen LogP contribution in [0.3, 0.4) is 0 Å². The van der Waals surface area contributed by atoms with Crippen LogP contribution >= 0.6 is 11.3 Å². The molecule has 1 aromatic carbocycles. The Morgan fingerprint density at radius 1 is 1.31 bits per heavy atom. The first-order chi connectivity index (χ1) is 14.0. The van der Waals surface area contributed by atoms with Gasteiger partial charge in [-0.05, 0) is 55.0 Å². The molecule has 0 fully saturated rings. The van der Waals surface area contributed by atoms with Crippen LogP contribution in [0.5, 0.6) is 11.5 Å². The first kappa shape index (κ1) is 21.4. The van der Waals surface area contributed by atoms with Crippen LogP contribution in [0, 0.1) is 0 Å². The van der Waals surface area contributed by atoms with Gasteiger partial charge in [0, 0.05) is 24.5 Å². The molecule has 3 rings (SSSR count). The Morgan fingerprint density at radius 2 is 2.03 bits per heavy atom. The summed E-state index contributed by atoms with van der Waals surface area (Å²) < 4.78 is 11.1. The fraction of sp³-hybridized carbons (Fsp3) is 0.435. The van der Waals surface area contributed by atoms with Crippen molar-refractivity contribution in [1.29, 1.82) is 0 Å². The van der Waals surface area contributed by atoms with E-state index >= 15 is 0 Å². The van der Waals surface area contributed by atoms with Crippen molar-refractivity contribution >= 4 is 17.2 Å². The number of nitrogens with zero attached hydrogens (tertiary/aromatic N) is 2. The van der Waals surface area contributed by atoms with Crippen LogP contribution in [-0.4, -0.2) is 56.1 Å². The highest BCUT2D eigenvalue weighted by atomic mass is 32.1. The van der Waals surface area contributed by atoms with Gasteiger partial charge in [0.1, 0.15) is 0 Å². The van der Waals surface area contributed by atoms with Crippen molar-refractivity contribution in [2.24, 2.45) is 0 Å². The standard InChI is InChI=1S/C23H30N2O3S/c1-6-24(14-16(2)3)22(26)15-25-10-9-17-12-19(27-4)20(28-5)13-18(17)23(25)21-8-7-11-29-21/h7-8,11-13,23H,2,6,9-10,14-15H2,1,3-5H3. The number of hydrogen-bond donors (Lipinski definition) is 0. The number of carbonyl (C=O) groups excluding carboxylic acids is 1. The number of thiophene rings is 1. The van der Waals surface area contributed by atoms with E-state index in [1.54, 1.807) is 25.6 Å². The second-order valence-electron chi connectivity index (χ2n) is 7.41. The molecule has 1 amide bonds. The topological polar surface area (TPSA) is 42.0 Å². The Morgan fingerprint density at radius 3 is 2.62 bits per heavy atom. The Bertz CT molecular complexity index is 863. The number of benzene rings is 1. The Hall–Kier alpha value is -2.31. The number of ether oxygens (including phenoxy) is 2. The van der Waals surface area contributed by atoms with E-state index in [1.165, 1.54) is 16.0 Å². The van der Waals surface area contributed by atoms with Crippen molar-refractivity contribution < 1.29 is 14.3 Å². The second kappa shape index (κ2) is 9.46. The summed E-state index contributed by atoms with van der Waals surface area (Å²) in [5, 5.41) is 2.09. The molecule has 29 heavy (non-hydrogen) atoms. The zero-order chi connectivity index (χ0) is 21.0. The third-order valence-electron chi connectivity index (χ3n) is 5.32. The molecule has 1 aliphatic heterocycles. The monoisotopic (exact) mass is 414 g/mol. The molecule has 0 bridgehead atoms. The second-order valence-corrected chi connectivity index (χ2v) is 8.39. The molecule has 6 heteroatoms. The highest BCUT2D eigenvalue weighted by Gasteiger charge is 2.32. The average Bonchev–Trinajstić information content (AvgIpc) is 3.24. The van der Waals surface area contributed by atoms with Gasteiger partial charge in [-0.25, -0.2) is 0 Å². The zero-order valence-corrected chi connectivity index (χ0v) is 18.6. The molecule has 0 radical (unpaired) electrons. The predicted molar refractivity (Wildman–Crippen MR) is 118 cm³/mol. The molecule has 0 aliphatic carbocycles. The molecule has 0 spiro atoms. The summed E-state index contributed by atoms with van der Waals surface area (Å²) in [7, 11) is 3.32. The van der Waals surface area contributed by atoms with Crippen LogP contribution in [0.4, 0.5) is 0 Å². The molecule has 5 nitrogen and oxygen atoms in total. The lowest BCUT2D eigenvalue weighted by molar-refractivity contribution is -0.132. The van der Waals surface area contributed by atoms with Gasteiger partial charge in [-0.15, -0.1) is 11.3 Å². The zero-order valence-electron chi connectivity index (χ0n) is 17.7. The lowest BCUT2D eigenvalue weighted by Crippen LogP contribution is -2.44. The Kier molecular flexibility index (Phi) is 6.98. The molecule has 0 saturated carbocycles. The minimum Gasteiger partial charge on any atom is -0.493 e. The smallest absolute Gasteiger partial charge is 0.237 e. The minimum atomic E-state index is 0.0334. The summed E-state index contributed by atoms with van der Waals surface area (Å²) in [4.78, 5) is 18.4. The Balaban J connectivity index is 1.95. The lowest BCUT2D eigenvalue weighted by Gasteiger charge is -2.38. The van der Waals surface area contributed by atoms with Crippen LogP contribution in [0.15, 0.2) is 41.8 Å². The number of amides is 1. The number of fused-ring (bicyclic) bond motifs is 1. The van der Waals surface area contributed by atoms with E-state index in [1.807, 2.05) is 18.7 Å². The van der Waals surface area contributed by atoms with E-state index in [0.717, 1.165) is 30.0 Å². The normalized spacial score (nSPS) is 16.2. The minimum absolute atomic E-state index is 0.0334. The van der Waals surface area contributed by atoms with Gasteiger partial charge in [-0.2, -0.15) is 0 Å². The highest BCUT2D eigenvalue weighted by Crippen LogP contribution is 2.42. The van der Waals surface area contributed by atoms with Crippen LogP contribution < -0.4 is 9.47 Å². The van der Waals surface area contributed by atoms with Crippen molar-refractivity contribution in [2.75, 3.05) is 40.4 Å². The van der Waals surface area contributed by atoms with Crippen LogP contribution in [-0.2, 0) is 11.2 Å². The maximum atomic E-state index is 13.0. The average molecular weight is 415 g/mol. The van der Waals surface area contributed by atoms with Gasteiger partial charge in [0.15, 0.2) is 11.5 Å². The van der Waals surface area contributed by atoms with E-state index in [9.17, 15) is 4.79 Å². The maximum Gasteiger partial charge on any atom is 0.237 e. The molecular formula is C23H30N2O3S. The first-order valence-corrected chi connectivity index (χ1v) is 10.8. The third-order valence-corrected chi connectivity index (χ3v) is 6.24. The molecule has 2 aromatic rings. The van der Waals surface area contributed by atoms with Crippen molar-refractivity contribution in [2.45, 2.75) is 26.3 Å². The summed E-state index contributed by atoms with van der Waals surface area (Å²) in [5.74, 6) is 1.61. The summed E-state index contributed by atoms with van der Waals surface area (Å²) in [6.45, 7) is 10.4. The summed E-state index contributed by atoms with van der Waals surface area (Å²) >= 11 is 1.72. The van der Waals surface area contributed by atoms with E-state index in [2.05, 4.69) is 41.1 Å². The van der Waals surface area contributed by atoms with Gasteiger partial charge in [-0.3, -0.25) is 9.69 Å². The van der Waals surface area contributed by atoms with Crippen molar-refractivity contribution in [1.82, 2.24) is 9.80 Å². The molecule has 1 aliphatic rings. The molecule has 1 atom stereocenters. The SMILES string of the molecule is C=C(C)CN(CC)C(=O)CN1CCc2cc(OC)c(OC)cc2C1c1cccs1. The van der Waals surface area contributed by atoms with Crippen molar-refractivity contribution in [3.05, 3.63) is 57.8 Å². The van der Waals surface area contributed by atoms with E-state index in [0.29, 0.717) is 19.6 Å². The fourth-order valence-electron chi connectivity index (χ4n) is 3.92. The van der Waals surface area contributed by atoms with E-state index in [-0.39, 0.29) is 11.9 Å². The molecule has 0 N–H and O–H groups in total. The third kappa shape index (κ3) is 4.65. The number of methoxy groups -OCH3 is 2. The van der Waals surface area contributed by atoms with Crippen LogP contribution in [0.2, 0.25) is 0 Å². The fourth-order valence-corrected chi connectivity index (χ4v) is 4.80. The molecule has 156 valence electrons. The van der Waals surface area contributed by atoms with Crippen molar-refractivity contribution in [3.8, 4) is 11.5 Å². The largest absolute Gasteiger partial charge is 0.493 e. The van der Waals surface area contributed by atoms with E-state index in [4.69, 9.17) is 9.47 Å². The summed E-state index contributed by atoms with van der Waals surface area (Å²) in [6, 6.07) is 8.39. The molecule has 1 aromatic heterocycles. The van der Waals surface area contributed by atoms with Gasteiger partial charge in [0.05, 0.1) is 26.8 Å². The molecule has 0 saturated heterocycles. The van der Waals surface area contributed by atoms with Crippen LogP contribution in [0.25, 0.3) is 0 Å². The van der Waals surface area contributed by atoms with Crippen molar-refractivity contribution in [3.63, 3.8) is 0 Å². The number of hydrogen-bond acceptors (Lipinski definition) is 5. The van der Waals surface area contributed by atoms with E-state index < -0.39 is 0 Å². The lowest BCUT2D eigenvalue weighted by atomic mass is 9.90. The highest BCUT2D eigenvalue weighted by molar-refractivity contribution is 7.10. The first-order valence-electron chi connectivity index (χ1n) is 9.92. The van der Waals surface area contributed by atoms with Gasteiger partial charge in [0.2, 0.25) is 5.91 Å². The number of likely N-dealkylation sites (N-methyl/N-ethyl adjacent to an activating group) is 1.